The van der Waals surface area contributed by atoms with Crippen LogP contribution in [0.25, 0.3) is 11.5 Å². The predicted octanol–water partition coefficient (Wildman–Crippen LogP) is 5.57. The normalized spacial score (nSPS) is 10.5. The largest absolute Gasteiger partial charge is 0.489 e. The van der Waals surface area contributed by atoms with Crippen molar-refractivity contribution in [3.8, 4) is 23.3 Å². The minimum atomic E-state index is -0.638. The van der Waals surface area contributed by atoms with E-state index in [4.69, 9.17) is 14.4 Å². The summed E-state index contributed by atoms with van der Waals surface area (Å²) in [5, 5.41) is 19.6. The zero-order valence-electron chi connectivity index (χ0n) is 21.6. The Balaban J connectivity index is 1.15. The maximum atomic E-state index is 12.2. The zero-order chi connectivity index (χ0) is 27.3. The van der Waals surface area contributed by atoms with Crippen LogP contribution >= 0.6 is 0 Å². The third-order valence-corrected chi connectivity index (χ3v) is 6.15. The first-order valence-electron chi connectivity index (χ1n) is 13.0. The molecule has 1 N–H and O–H groups in total. The number of carbonyl (C=O) groups excluding carboxylic acids is 2. The van der Waals surface area contributed by atoms with Crippen molar-refractivity contribution in [1.29, 1.82) is 5.26 Å². The molecule has 8 nitrogen and oxygen atoms in total. The minimum absolute atomic E-state index is 0.0163. The molecular weight excluding hydrogens is 492 g/mol. The summed E-state index contributed by atoms with van der Waals surface area (Å²) in [5.74, 6) is 0.0931. The first-order valence-corrected chi connectivity index (χ1v) is 13.0. The first kappa shape index (κ1) is 27.3. The molecule has 3 aromatic carbocycles. The second kappa shape index (κ2) is 14.2. The van der Waals surface area contributed by atoms with Crippen molar-refractivity contribution in [3.05, 3.63) is 101 Å². The summed E-state index contributed by atoms with van der Waals surface area (Å²) in [6.45, 7) is 0.323. The number of benzene rings is 3. The third-order valence-electron chi connectivity index (χ3n) is 6.15. The quantitative estimate of drug-likeness (QED) is 0.170. The van der Waals surface area contributed by atoms with Crippen LogP contribution in [0.1, 0.15) is 54.7 Å². The van der Waals surface area contributed by atoms with Gasteiger partial charge in [-0.1, -0.05) is 55.3 Å². The van der Waals surface area contributed by atoms with Gasteiger partial charge < -0.3 is 14.5 Å². The van der Waals surface area contributed by atoms with Crippen LogP contribution in [0.4, 0.5) is 0 Å². The number of amides is 1. The Morgan fingerprint density at radius 1 is 0.872 bits per heavy atom. The molecule has 0 saturated heterocycles. The van der Waals surface area contributed by atoms with Gasteiger partial charge in [0.25, 0.3) is 5.91 Å². The molecule has 39 heavy (non-hydrogen) atoms. The average Bonchev–Trinajstić information content (AvgIpc) is 3.46. The molecule has 8 heteroatoms. The summed E-state index contributed by atoms with van der Waals surface area (Å²) in [6.07, 6.45) is 4.95. The van der Waals surface area contributed by atoms with E-state index in [2.05, 4.69) is 33.7 Å². The number of aromatic nitrogens is 2. The molecule has 0 aliphatic heterocycles. The third kappa shape index (κ3) is 8.64. The monoisotopic (exact) mass is 522 g/mol. The van der Waals surface area contributed by atoms with E-state index in [1.54, 1.807) is 36.4 Å². The number of nitrogens with zero attached hydrogens (tertiary/aromatic N) is 3. The maximum Gasteiger partial charge on any atom is 0.287 e. The number of ether oxygens (including phenoxy) is 1. The van der Waals surface area contributed by atoms with Crippen molar-refractivity contribution < 1.29 is 18.7 Å². The van der Waals surface area contributed by atoms with E-state index in [0.29, 0.717) is 35.8 Å². The van der Waals surface area contributed by atoms with Crippen molar-refractivity contribution >= 4 is 11.7 Å². The lowest BCUT2D eigenvalue weighted by atomic mass is 10.0. The Morgan fingerprint density at radius 3 is 2.44 bits per heavy atom. The molecule has 0 saturated carbocycles. The van der Waals surface area contributed by atoms with E-state index in [1.807, 2.05) is 30.3 Å². The second-order valence-electron chi connectivity index (χ2n) is 9.13. The molecule has 198 valence electrons. The summed E-state index contributed by atoms with van der Waals surface area (Å²) in [7, 11) is 0. The van der Waals surface area contributed by atoms with E-state index in [1.165, 1.54) is 5.56 Å². The lowest BCUT2D eigenvalue weighted by molar-refractivity contribution is -0.138. The smallest absolute Gasteiger partial charge is 0.287 e. The van der Waals surface area contributed by atoms with Gasteiger partial charge in [-0.25, -0.2) is 0 Å². The number of carbonyl (C=O) groups is 2. The number of nitriles is 1. The number of aryl methyl sites for hydroxylation is 1. The van der Waals surface area contributed by atoms with Crippen molar-refractivity contribution in [2.45, 2.75) is 51.7 Å². The summed E-state index contributed by atoms with van der Waals surface area (Å²) >= 11 is 0. The summed E-state index contributed by atoms with van der Waals surface area (Å²) in [4.78, 5) is 24.3. The van der Waals surface area contributed by atoms with Crippen molar-refractivity contribution in [2.75, 3.05) is 0 Å². The number of Topliss-reactive ketones (excluding diaryl/α,β-unsaturated/α-hetero) is 1. The van der Waals surface area contributed by atoms with Gasteiger partial charge in [-0.2, -0.15) is 5.26 Å². The summed E-state index contributed by atoms with van der Waals surface area (Å²) in [6, 6.07) is 26.8. The molecular formula is C31H30N4O4. The Bertz CT molecular complexity index is 1410. The van der Waals surface area contributed by atoms with E-state index in [0.717, 1.165) is 31.2 Å². The molecule has 1 amide bonds. The SMILES string of the molecule is N#Cc1cccc(COc2ccc(-c3nnc(CNC(=O)C(=O)CCCCCCc4ccccc4)o3)cc2)c1. The highest BCUT2D eigenvalue weighted by Crippen LogP contribution is 2.22. The topological polar surface area (TPSA) is 118 Å². The van der Waals surface area contributed by atoms with Crippen LogP contribution in [0.5, 0.6) is 5.75 Å². The molecule has 0 unspecified atom stereocenters. The number of ketones is 1. The van der Waals surface area contributed by atoms with Crippen molar-refractivity contribution in [3.63, 3.8) is 0 Å². The Labute approximate surface area is 227 Å². The number of hydrogen-bond acceptors (Lipinski definition) is 7. The van der Waals surface area contributed by atoms with Crippen molar-refractivity contribution in [2.24, 2.45) is 0 Å². The number of unbranched alkanes of at least 4 members (excludes halogenated alkanes) is 3. The second-order valence-corrected chi connectivity index (χ2v) is 9.13. The molecule has 0 bridgehead atoms. The zero-order valence-corrected chi connectivity index (χ0v) is 21.6. The fourth-order valence-electron chi connectivity index (χ4n) is 4.01. The van der Waals surface area contributed by atoms with E-state index in [9.17, 15) is 9.59 Å². The van der Waals surface area contributed by atoms with Crippen LogP contribution in [0.2, 0.25) is 0 Å². The van der Waals surface area contributed by atoms with Gasteiger partial charge in [0.1, 0.15) is 12.4 Å². The Hall–Kier alpha value is -4.77. The predicted molar refractivity (Wildman–Crippen MR) is 145 cm³/mol. The summed E-state index contributed by atoms with van der Waals surface area (Å²) in [5.41, 5.74) is 3.50. The van der Waals surface area contributed by atoms with Crippen LogP contribution in [0, 0.1) is 11.3 Å². The highest BCUT2D eigenvalue weighted by molar-refractivity contribution is 6.36. The van der Waals surface area contributed by atoms with Crippen LogP contribution in [0.15, 0.2) is 83.3 Å². The fraction of sp³-hybridized carbons (Fsp3) is 0.258. The number of nitrogens with one attached hydrogen (secondary N) is 1. The van der Waals surface area contributed by atoms with Crippen LogP contribution in [0.3, 0.4) is 0 Å². The average molecular weight is 523 g/mol. The Morgan fingerprint density at radius 2 is 1.64 bits per heavy atom. The standard InChI is InChI=1S/C31H30N4O4/c32-20-24-12-8-13-25(19-24)22-38-27-17-15-26(16-18-27)31-35-34-29(39-31)21-33-30(37)28(36)14-7-2-1-4-9-23-10-5-3-6-11-23/h3,5-6,8,10-13,15-19H,1-2,4,7,9,14,21-22H2,(H,33,37). The van der Waals surface area contributed by atoms with Crippen LogP contribution < -0.4 is 10.1 Å². The van der Waals surface area contributed by atoms with Gasteiger partial charge in [0.15, 0.2) is 0 Å². The molecule has 0 atom stereocenters. The molecule has 0 aliphatic rings. The lowest BCUT2D eigenvalue weighted by Crippen LogP contribution is -2.30. The van der Waals surface area contributed by atoms with Crippen LogP contribution in [-0.4, -0.2) is 21.9 Å². The van der Waals surface area contributed by atoms with Crippen LogP contribution in [-0.2, 0) is 29.2 Å². The van der Waals surface area contributed by atoms with Gasteiger partial charge >= 0.3 is 0 Å². The number of hydrogen-bond donors (Lipinski definition) is 1. The Kier molecular flexibility index (Phi) is 9.96. The highest BCUT2D eigenvalue weighted by atomic mass is 16.5. The molecule has 0 fully saturated rings. The molecule has 1 aromatic heterocycles. The molecule has 0 aliphatic carbocycles. The maximum absolute atomic E-state index is 12.2. The van der Waals surface area contributed by atoms with Gasteiger partial charge in [0.2, 0.25) is 17.6 Å². The minimum Gasteiger partial charge on any atom is -0.489 e. The van der Waals surface area contributed by atoms with Gasteiger partial charge in [-0.3, -0.25) is 9.59 Å². The van der Waals surface area contributed by atoms with Gasteiger partial charge in [-0.15, -0.1) is 10.2 Å². The number of rotatable bonds is 14. The van der Waals surface area contributed by atoms with Gasteiger partial charge in [-0.05, 0) is 66.8 Å². The molecule has 1 heterocycles. The molecule has 4 rings (SSSR count). The first-order chi connectivity index (χ1) is 19.1. The van der Waals surface area contributed by atoms with E-state index in [-0.39, 0.29) is 18.9 Å². The van der Waals surface area contributed by atoms with E-state index >= 15 is 0 Å². The molecule has 0 radical (unpaired) electrons. The molecule has 0 spiro atoms. The lowest BCUT2D eigenvalue weighted by Gasteiger charge is -2.07. The fourth-order valence-corrected chi connectivity index (χ4v) is 4.01. The van der Waals surface area contributed by atoms with Crippen molar-refractivity contribution in [1.82, 2.24) is 15.5 Å². The van der Waals surface area contributed by atoms with Gasteiger partial charge in [0.05, 0.1) is 18.2 Å². The molecule has 4 aromatic rings. The van der Waals surface area contributed by atoms with E-state index < -0.39 is 11.7 Å². The summed E-state index contributed by atoms with van der Waals surface area (Å²) < 4.78 is 11.4. The highest BCUT2D eigenvalue weighted by Gasteiger charge is 2.15. The van der Waals surface area contributed by atoms with Gasteiger partial charge in [0, 0.05) is 12.0 Å².